The minimum atomic E-state index is 0.138. The van der Waals surface area contributed by atoms with E-state index in [1.54, 1.807) is 0 Å². The number of ether oxygens (including phenoxy) is 1. The zero-order valence-electron chi connectivity index (χ0n) is 8.45. The van der Waals surface area contributed by atoms with Crippen LogP contribution in [0.5, 0.6) is 5.75 Å². The molecule has 0 aliphatic carbocycles. The summed E-state index contributed by atoms with van der Waals surface area (Å²) in [5.74, 6) is 0.808. The summed E-state index contributed by atoms with van der Waals surface area (Å²) in [5, 5.41) is 0. The van der Waals surface area contributed by atoms with Crippen molar-refractivity contribution >= 4 is 0 Å². The van der Waals surface area contributed by atoms with E-state index in [4.69, 9.17) is 4.74 Å². The molecule has 1 atom stereocenters. The highest BCUT2D eigenvalue weighted by Crippen LogP contribution is 2.12. The Hall–Kier alpha value is -1.02. The molecule has 0 aliphatic rings. The van der Waals surface area contributed by atoms with Crippen LogP contribution in [0.2, 0.25) is 0 Å². The summed E-state index contributed by atoms with van der Waals surface area (Å²) in [5.41, 5.74) is 0. The normalized spacial score (nSPS) is 12.9. The second kappa shape index (κ2) is 4.87. The molecule has 71 valence electrons. The van der Waals surface area contributed by atoms with E-state index in [0.717, 1.165) is 12.2 Å². The molecule has 0 spiro atoms. The van der Waals surface area contributed by atoms with Gasteiger partial charge < -0.3 is 4.74 Å². The average Bonchev–Trinajstić information content (AvgIpc) is 2.15. The lowest BCUT2D eigenvalue weighted by Crippen LogP contribution is -2.32. The van der Waals surface area contributed by atoms with Gasteiger partial charge in [-0.3, -0.25) is 4.90 Å². The predicted molar refractivity (Wildman–Crippen MR) is 53.7 cm³/mol. The van der Waals surface area contributed by atoms with Crippen molar-refractivity contribution < 1.29 is 4.74 Å². The van der Waals surface area contributed by atoms with Crippen LogP contribution in [0.15, 0.2) is 24.3 Å². The van der Waals surface area contributed by atoms with Crippen molar-refractivity contribution in [1.82, 2.24) is 4.90 Å². The molecule has 2 heteroatoms. The van der Waals surface area contributed by atoms with E-state index in [1.807, 2.05) is 38.4 Å². The van der Waals surface area contributed by atoms with Crippen LogP contribution in [-0.4, -0.2) is 25.2 Å². The molecule has 0 aliphatic heterocycles. The van der Waals surface area contributed by atoms with Gasteiger partial charge in [-0.15, -0.1) is 0 Å². The molecule has 13 heavy (non-hydrogen) atoms. The maximum atomic E-state index is 5.70. The molecule has 1 radical (unpaired) electrons. The smallest absolute Gasteiger partial charge is 0.151 e. The first-order valence-corrected chi connectivity index (χ1v) is 4.54. The quantitative estimate of drug-likeness (QED) is 0.655. The zero-order chi connectivity index (χ0) is 9.68. The topological polar surface area (TPSA) is 12.5 Å². The average molecular weight is 178 g/mol. The number of para-hydroxylation sites is 1. The van der Waals surface area contributed by atoms with Gasteiger partial charge in [0.15, 0.2) is 6.23 Å². The van der Waals surface area contributed by atoms with Gasteiger partial charge in [-0.1, -0.05) is 25.1 Å². The maximum absolute atomic E-state index is 5.70. The lowest BCUT2D eigenvalue weighted by molar-refractivity contribution is 0.0610. The largest absolute Gasteiger partial charge is 0.475 e. The highest BCUT2D eigenvalue weighted by atomic mass is 16.5. The van der Waals surface area contributed by atoms with Gasteiger partial charge in [-0.05, 0) is 26.6 Å². The number of benzene rings is 1. The van der Waals surface area contributed by atoms with Crippen LogP contribution in [-0.2, 0) is 0 Å². The van der Waals surface area contributed by atoms with Crippen LogP contribution >= 0.6 is 0 Å². The van der Waals surface area contributed by atoms with Gasteiger partial charge in [0.2, 0.25) is 0 Å². The Morgan fingerprint density at radius 2 is 2.23 bits per heavy atom. The van der Waals surface area contributed by atoms with E-state index >= 15 is 0 Å². The molecule has 0 aromatic heterocycles. The van der Waals surface area contributed by atoms with E-state index in [1.165, 1.54) is 0 Å². The molecule has 0 N–H and O–H groups in total. The SMILES string of the molecule is CCC(Oc1[c]cccc1)N(C)C. The summed E-state index contributed by atoms with van der Waals surface area (Å²) in [7, 11) is 4.02. The van der Waals surface area contributed by atoms with E-state index in [-0.39, 0.29) is 6.23 Å². The Kier molecular flexibility index (Phi) is 3.77. The first-order valence-electron chi connectivity index (χ1n) is 4.54. The molecule has 1 aromatic carbocycles. The van der Waals surface area contributed by atoms with Crippen LogP contribution in [0.3, 0.4) is 0 Å². The van der Waals surface area contributed by atoms with Gasteiger partial charge in [0.05, 0.1) is 0 Å². The third-order valence-electron chi connectivity index (χ3n) is 1.87. The lowest BCUT2D eigenvalue weighted by atomic mass is 10.3. The van der Waals surface area contributed by atoms with Crippen LogP contribution in [0.1, 0.15) is 13.3 Å². The standard InChI is InChI=1S/C11H16NO/c1-4-11(12(2)3)13-10-8-6-5-7-9-10/h5-8,11H,4H2,1-3H3. The van der Waals surface area contributed by atoms with E-state index in [2.05, 4.69) is 17.9 Å². The monoisotopic (exact) mass is 178 g/mol. The Bertz CT molecular complexity index is 233. The van der Waals surface area contributed by atoms with Gasteiger partial charge in [0.25, 0.3) is 0 Å². The summed E-state index contributed by atoms with van der Waals surface area (Å²) in [6.07, 6.45) is 1.11. The number of hydrogen-bond donors (Lipinski definition) is 0. The van der Waals surface area contributed by atoms with Crippen LogP contribution in [0.25, 0.3) is 0 Å². The van der Waals surface area contributed by atoms with Gasteiger partial charge in [-0.25, -0.2) is 0 Å². The second-order valence-corrected chi connectivity index (χ2v) is 3.17. The third kappa shape index (κ3) is 3.07. The molecule has 0 saturated heterocycles. The molecule has 0 amide bonds. The molecule has 0 heterocycles. The first-order chi connectivity index (χ1) is 6.24. The molecule has 0 fully saturated rings. The zero-order valence-corrected chi connectivity index (χ0v) is 8.45. The molecular formula is C11H16NO. The maximum Gasteiger partial charge on any atom is 0.151 e. The van der Waals surface area contributed by atoms with Crippen LogP contribution < -0.4 is 4.74 Å². The molecule has 1 rings (SSSR count). The van der Waals surface area contributed by atoms with Crippen molar-refractivity contribution in [2.75, 3.05) is 14.1 Å². The molecule has 2 nitrogen and oxygen atoms in total. The fourth-order valence-corrected chi connectivity index (χ4v) is 1.15. The predicted octanol–water partition coefficient (Wildman–Crippen LogP) is 2.16. The van der Waals surface area contributed by atoms with Crippen molar-refractivity contribution in [3.8, 4) is 5.75 Å². The van der Waals surface area contributed by atoms with Gasteiger partial charge >= 0.3 is 0 Å². The number of nitrogens with zero attached hydrogens (tertiary/aromatic N) is 1. The lowest BCUT2D eigenvalue weighted by Gasteiger charge is -2.23. The Balaban J connectivity index is 2.57. The molecular weight excluding hydrogens is 162 g/mol. The van der Waals surface area contributed by atoms with Crippen molar-refractivity contribution in [1.29, 1.82) is 0 Å². The second-order valence-electron chi connectivity index (χ2n) is 3.17. The third-order valence-corrected chi connectivity index (χ3v) is 1.87. The highest BCUT2D eigenvalue weighted by Gasteiger charge is 2.09. The van der Waals surface area contributed by atoms with Crippen molar-refractivity contribution in [2.24, 2.45) is 0 Å². The highest BCUT2D eigenvalue weighted by molar-refractivity contribution is 5.19. The Morgan fingerprint density at radius 3 is 2.69 bits per heavy atom. The minimum absolute atomic E-state index is 0.138. The fourth-order valence-electron chi connectivity index (χ4n) is 1.15. The van der Waals surface area contributed by atoms with Crippen molar-refractivity contribution in [3.63, 3.8) is 0 Å². The first kappa shape index (κ1) is 10.1. The fraction of sp³-hybridized carbons (Fsp3) is 0.455. The molecule has 1 aromatic rings. The van der Waals surface area contributed by atoms with Crippen molar-refractivity contribution in [2.45, 2.75) is 19.6 Å². The molecule has 0 saturated carbocycles. The summed E-state index contributed by atoms with van der Waals surface area (Å²) < 4.78 is 5.70. The van der Waals surface area contributed by atoms with Crippen molar-refractivity contribution in [3.05, 3.63) is 30.3 Å². The Morgan fingerprint density at radius 1 is 1.46 bits per heavy atom. The number of hydrogen-bond acceptors (Lipinski definition) is 2. The summed E-state index contributed by atoms with van der Waals surface area (Å²) in [4.78, 5) is 2.06. The van der Waals surface area contributed by atoms with Gasteiger partial charge in [0.1, 0.15) is 5.75 Å². The molecule has 1 unspecified atom stereocenters. The summed E-state index contributed by atoms with van der Waals surface area (Å²) in [6, 6.07) is 10.7. The Labute approximate surface area is 80.1 Å². The van der Waals surface area contributed by atoms with Gasteiger partial charge in [-0.2, -0.15) is 0 Å². The van der Waals surface area contributed by atoms with E-state index < -0.39 is 0 Å². The van der Waals surface area contributed by atoms with Gasteiger partial charge in [0, 0.05) is 6.07 Å². The van der Waals surface area contributed by atoms with Crippen LogP contribution in [0.4, 0.5) is 0 Å². The van der Waals surface area contributed by atoms with Crippen LogP contribution in [0, 0.1) is 6.07 Å². The number of rotatable bonds is 4. The summed E-state index contributed by atoms with van der Waals surface area (Å²) >= 11 is 0. The molecule has 0 bridgehead atoms. The van der Waals surface area contributed by atoms with E-state index in [0.29, 0.717) is 0 Å². The summed E-state index contributed by atoms with van der Waals surface area (Å²) in [6.45, 7) is 2.10. The minimum Gasteiger partial charge on any atom is -0.475 e. The van der Waals surface area contributed by atoms with E-state index in [9.17, 15) is 0 Å².